The molecule has 0 radical (unpaired) electrons. The van der Waals surface area contributed by atoms with Crippen LogP contribution in [0.5, 0.6) is 0 Å². The van der Waals surface area contributed by atoms with Crippen LogP contribution in [0.4, 0.5) is 0 Å². The summed E-state index contributed by atoms with van der Waals surface area (Å²) in [7, 11) is -2.99. The summed E-state index contributed by atoms with van der Waals surface area (Å²) >= 11 is 0. The van der Waals surface area contributed by atoms with E-state index >= 15 is 0 Å². The lowest BCUT2D eigenvalue weighted by atomic mass is 9.92. The molecule has 0 amide bonds. The van der Waals surface area contributed by atoms with Gasteiger partial charge in [-0.1, -0.05) is 13.3 Å². The van der Waals surface area contributed by atoms with Gasteiger partial charge < -0.3 is 5.32 Å². The zero-order chi connectivity index (χ0) is 14.6. The molecule has 0 aromatic carbocycles. The number of hydrogen-bond donors (Lipinski definition) is 1. The zero-order valence-electron chi connectivity index (χ0n) is 13.0. The fraction of sp³-hybridized carbons (Fsp3) is 1.00. The van der Waals surface area contributed by atoms with Crippen LogP contribution >= 0.6 is 0 Å². The Kier molecular flexibility index (Phi) is 5.87. The van der Waals surface area contributed by atoms with Gasteiger partial charge in [0.2, 0.25) is 10.0 Å². The Morgan fingerprint density at radius 1 is 1.30 bits per heavy atom. The maximum absolute atomic E-state index is 11.6. The van der Waals surface area contributed by atoms with Crippen LogP contribution in [0.1, 0.15) is 51.9 Å². The summed E-state index contributed by atoms with van der Waals surface area (Å²) in [6.45, 7) is 4.71. The highest BCUT2D eigenvalue weighted by Crippen LogP contribution is 2.35. The number of nitrogens with one attached hydrogen (secondary N) is 1. The molecule has 1 aliphatic carbocycles. The summed E-state index contributed by atoms with van der Waals surface area (Å²) in [6, 6.07) is 0.703. The lowest BCUT2D eigenvalue weighted by Gasteiger charge is -2.31. The quantitative estimate of drug-likeness (QED) is 0.748. The second kappa shape index (κ2) is 7.23. The van der Waals surface area contributed by atoms with Gasteiger partial charge in [-0.2, -0.15) is 0 Å². The normalized spacial score (nSPS) is 26.6. The summed E-state index contributed by atoms with van der Waals surface area (Å²) in [6.07, 6.45) is 10.0. The van der Waals surface area contributed by atoms with Crippen molar-refractivity contribution < 1.29 is 8.42 Å². The largest absolute Gasteiger partial charge is 0.314 e. The summed E-state index contributed by atoms with van der Waals surface area (Å²) in [5.74, 6) is 1.48. The number of rotatable bonds is 8. The van der Waals surface area contributed by atoms with Crippen LogP contribution in [0.2, 0.25) is 0 Å². The average molecular weight is 302 g/mol. The second-order valence-corrected chi connectivity index (χ2v) is 8.54. The van der Waals surface area contributed by atoms with Gasteiger partial charge in [-0.25, -0.2) is 12.7 Å². The molecule has 2 unspecified atom stereocenters. The minimum atomic E-state index is -2.99. The first kappa shape index (κ1) is 16.2. The third kappa shape index (κ3) is 5.01. The van der Waals surface area contributed by atoms with E-state index < -0.39 is 10.0 Å². The molecule has 20 heavy (non-hydrogen) atoms. The predicted octanol–water partition coefficient (Wildman–Crippen LogP) is 2.22. The molecule has 2 rings (SSSR count). The van der Waals surface area contributed by atoms with E-state index in [9.17, 15) is 8.42 Å². The van der Waals surface area contributed by atoms with Gasteiger partial charge in [0.15, 0.2) is 0 Å². The first-order valence-corrected chi connectivity index (χ1v) is 10.0. The van der Waals surface area contributed by atoms with E-state index in [1.165, 1.54) is 44.8 Å². The molecular formula is C15H30N2O2S. The van der Waals surface area contributed by atoms with Gasteiger partial charge in [0.05, 0.1) is 6.26 Å². The van der Waals surface area contributed by atoms with E-state index in [1.54, 1.807) is 4.31 Å². The Bertz CT molecular complexity index is 393. The van der Waals surface area contributed by atoms with Crippen LogP contribution in [-0.4, -0.2) is 44.7 Å². The van der Waals surface area contributed by atoms with Gasteiger partial charge >= 0.3 is 0 Å². The van der Waals surface area contributed by atoms with E-state index in [1.807, 2.05) is 0 Å². The molecular weight excluding hydrogens is 272 g/mol. The highest BCUT2D eigenvalue weighted by molar-refractivity contribution is 7.88. The molecule has 4 nitrogen and oxygen atoms in total. The van der Waals surface area contributed by atoms with Crippen molar-refractivity contribution >= 4 is 10.0 Å². The Morgan fingerprint density at radius 2 is 2.05 bits per heavy atom. The minimum Gasteiger partial charge on any atom is -0.314 e. The van der Waals surface area contributed by atoms with Crippen LogP contribution in [0, 0.1) is 11.8 Å². The SMILES string of the molecule is CCNC(CCCC1CCCN(S(C)(=O)=O)C1)C1CC1. The highest BCUT2D eigenvalue weighted by atomic mass is 32.2. The van der Waals surface area contributed by atoms with E-state index in [0.717, 1.165) is 32.0 Å². The zero-order valence-corrected chi connectivity index (χ0v) is 13.8. The molecule has 1 aliphatic heterocycles. The molecule has 1 saturated heterocycles. The van der Waals surface area contributed by atoms with Crippen molar-refractivity contribution in [2.45, 2.75) is 57.9 Å². The second-order valence-electron chi connectivity index (χ2n) is 6.56. The molecule has 1 heterocycles. The summed E-state index contributed by atoms with van der Waals surface area (Å²) in [5.41, 5.74) is 0. The molecule has 5 heteroatoms. The first-order valence-electron chi connectivity index (χ1n) is 8.19. The van der Waals surface area contributed by atoms with E-state index in [0.29, 0.717) is 12.0 Å². The van der Waals surface area contributed by atoms with Crippen molar-refractivity contribution in [1.82, 2.24) is 9.62 Å². The Balaban J connectivity index is 1.70. The smallest absolute Gasteiger partial charge is 0.211 e. The van der Waals surface area contributed by atoms with Crippen LogP contribution in [0.25, 0.3) is 0 Å². The third-order valence-electron chi connectivity index (χ3n) is 4.74. The molecule has 1 N–H and O–H groups in total. The number of hydrogen-bond acceptors (Lipinski definition) is 3. The van der Waals surface area contributed by atoms with Crippen LogP contribution in [0.15, 0.2) is 0 Å². The highest BCUT2D eigenvalue weighted by Gasteiger charge is 2.30. The van der Waals surface area contributed by atoms with Crippen molar-refractivity contribution in [3.63, 3.8) is 0 Å². The van der Waals surface area contributed by atoms with Crippen molar-refractivity contribution in [3.8, 4) is 0 Å². The third-order valence-corrected chi connectivity index (χ3v) is 6.01. The number of sulfonamides is 1. The molecule has 2 atom stereocenters. The Labute approximate surface area is 124 Å². The summed E-state index contributed by atoms with van der Waals surface area (Å²) in [5, 5.41) is 3.61. The standard InChI is InChI=1S/C15H30N2O2S/c1-3-16-15(14-9-10-14)8-4-6-13-7-5-11-17(12-13)20(2,18)19/h13-16H,3-12H2,1-2H3. The molecule has 2 fully saturated rings. The maximum atomic E-state index is 11.6. The van der Waals surface area contributed by atoms with Crippen LogP contribution in [0.3, 0.4) is 0 Å². The number of nitrogens with zero attached hydrogens (tertiary/aromatic N) is 1. The lowest BCUT2D eigenvalue weighted by Crippen LogP contribution is -2.39. The lowest BCUT2D eigenvalue weighted by molar-refractivity contribution is 0.249. The van der Waals surface area contributed by atoms with Gasteiger partial charge in [-0.15, -0.1) is 0 Å². The molecule has 0 bridgehead atoms. The van der Waals surface area contributed by atoms with Crippen molar-refractivity contribution in [3.05, 3.63) is 0 Å². The molecule has 0 spiro atoms. The predicted molar refractivity (Wildman–Crippen MR) is 83.2 cm³/mol. The van der Waals surface area contributed by atoms with E-state index in [2.05, 4.69) is 12.2 Å². The van der Waals surface area contributed by atoms with Crippen molar-refractivity contribution in [2.24, 2.45) is 11.8 Å². The molecule has 0 aromatic rings. The van der Waals surface area contributed by atoms with Crippen molar-refractivity contribution in [1.29, 1.82) is 0 Å². The molecule has 1 saturated carbocycles. The number of piperidine rings is 1. The maximum Gasteiger partial charge on any atom is 0.211 e. The topological polar surface area (TPSA) is 49.4 Å². The first-order chi connectivity index (χ1) is 9.50. The van der Waals surface area contributed by atoms with Gasteiger partial charge in [0.25, 0.3) is 0 Å². The Hall–Kier alpha value is -0.130. The van der Waals surface area contributed by atoms with Gasteiger partial charge in [0.1, 0.15) is 0 Å². The Morgan fingerprint density at radius 3 is 2.65 bits per heavy atom. The minimum absolute atomic E-state index is 0.569. The average Bonchev–Trinajstić information content (AvgIpc) is 3.21. The van der Waals surface area contributed by atoms with Crippen LogP contribution < -0.4 is 5.32 Å². The fourth-order valence-corrected chi connectivity index (χ4v) is 4.40. The van der Waals surface area contributed by atoms with Gasteiger partial charge in [-0.05, 0) is 56.9 Å². The molecule has 2 aliphatic rings. The fourth-order valence-electron chi connectivity index (χ4n) is 3.46. The summed E-state index contributed by atoms with van der Waals surface area (Å²) in [4.78, 5) is 0. The molecule has 0 aromatic heterocycles. The van der Waals surface area contributed by atoms with E-state index in [-0.39, 0.29) is 0 Å². The van der Waals surface area contributed by atoms with Crippen LogP contribution in [-0.2, 0) is 10.0 Å². The molecule has 118 valence electrons. The van der Waals surface area contributed by atoms with Gasteiger partial charge in [-0.3, -0.25) is 0 Å². The van der Waals surface area contributed by atoms with E-state index in [4.69, 9.17) is 0 Å². The summed E-state index contributed by atoms with van der Waals surface area (Å²) < 4.78 is 24.9. The monoisotopic (exact) mass is 302 g/mol. The van der Waals surface area contributed by atoms with Gasteiger partial charge in [0, 0.05) is 19.1 Å². The van der Waals surface area contributed by atoms with Crippen molar-refractivity contribution in [2.75, 3.05) is 25.9 Å².